The van der Waals surface area contributed by atoms with Gasteiger partial charge in [0.1, 0.15) is 15.8 Å². The highest BCUT2D eigenvalue weighted by atomic mass is 32.2. The Morgan fingerprint density at radius 3 is 2.70 bits per heavy atom. The highest BCUT2D eigenvalue weighted by Gasteiger charge is 2.30. The fourth-order valence-electron chi connectivity index (χ4n) is 3.02. The van der Waals surface area contributed by atoms with Gasteiger partial charge < -0.3 is 9.47 Å². The van der Waals surface area contributed by atoms with Crippen LogP contribution in [-0.4, -0.2) is 34.9 Å². The van der Waals surface area contributed by atoms with Crippen LogP contribution in [0.15, 0.2) is 60.0 Å². The number of hydrogen-bond donors (Lipinski definition) is 0. The molecule has 0 N–H and O–H groups in total. The van der Waals surface area contributed by atoms with Gasteiger partial charge in [-0.05, 0) is 49.2 Å². The van der Waals surface area contributed by atoms with E-state index in [-0.39, 0.29) is 5.91 Å². The molecule has 1 fully saturated rings. The Hall–Kier alpha value is -2.57. The van der Waals surface area contributed by atoms with Crippen molar-refractivity contribution in [3.8, 4) is 11.5 Å². The minimum Gasteiger partial charge on any atom is -0.493 e. The summed E-state index contributed by atoms with van der Waals surface area (Å²) in [7, 11) is 0. The molecule has 4 nitrogen and oxygen atoms in total. The zero-order valence-electron chi connectivity index (χ0n) is 17.2. The van der Waals surface area contributed by atoms with Crippen LogP contribution in [0.5, 0.6) is 11.5 Å². The van der Waals surface area contributed by atoms with Crippen molar-refractivity contribution in [2.45, 2.75) is 20.3 Å². The van der Waals surface area contributed by atoms with Crippen molar-refractivity contribution < 1.29 is 14.3 Å². The maximum atomic E-state index is 12.5. The number of benzene rings is 2. The first-order valence-corrected chi connectivity index (χ1v) is 11.0. The van der Waals surface area contributed by atoms with Crippen LogP contribution in [0.3, 0.4) is 0 Å². The van der Waals surface area contributed by atoms with Crippen LogP contribution < -0.4 is 9.47 Å². The molecule has 0 atom stereocenters. The highest BCUT2D eigenvalue weighted by Crippen LogP contribution is 2.32. The van der Waals surface area contributed by atoms with Crippen LogP contribution in [-0.2, 0) is 4.79 Å². The molecule has 0 spiro atoms. The molecule has 2 aromatic rings. The number of thiocarbonyl (C=S) groups is 1. The van der Waals surface area contributed by atoms with E-state index in [9.17, 15) is 4.79 Å². The average molecular weight is 440 g/mol. The van der Waals surface area contributed by atoms with Crippen molar-refractivity contribution >= 4 is 40.3 Å². The first kappa shape index (κ1) is 22.1. The van der Waals surface area contributed by atoms with Gasteiger partial charge in [-0.1, -0.05) is 59.9 Å². The van der Waals surface area contributed by atoms with Crippen LogP contribution in [0.25, 0.3) is 6.08 Å². The zero-order chi connectivity index (χ0) is 21.5. The second kappa shape index (κ2) is 10.5. The molecule has 3 rings (SSSR count). The van der Waals surface area contributed by atoms with Gasteiger partial charge in [-0.3, -0.25) is 9.69 Å². The molecule has 2 aromatic carbocycles. The molecular weight excluding hydrogens is 414 g/mol. The van der Waals surface area contributed by atoms with Crippen LogP contribution in [0, 0.1) is 13.8 Å². The topological polar surface area (TPSA) is 38.8 Å². The van der Waals surface area contributed by atoms with Gasteiger partial charge in [0.15, 0.2) is 0 Å². The van der Waals surface area contributed by atoms with Crippen molar-refractivity contribution in [1.29, 1.82) is 0 Å². The van der Waals surface area contributed by atoms with Crippen molar-refractivity contribution in [3.63, 3.8) is 0 Å². The lowest BCUT2D eigenvalue weighted by Gasteiger charge is -2.11. The second-order valence-corrected chi connectivity index (χ2v) is 8.65. The third-order valence-corrected chi connectivity index (χ3v) is 5.86. The Balaban J connectivity index is 1.51. The standard InChI is InChI=1S/C24H25NO3S2/c1-4-11-25-23(26)22(30-24(25)29)16-19-7-5-8-20(15-19)27-12-6-13-28-21-10-9-17(2)14-18(21)3/h4-5,7-10,14-16H,1,6,11-13H2,2-3H3. The van der Waals surface area contributed by atoms with Crippen molar-refractivity contribution in [2.24, 2.45) is 0 Å². The SMILES string of the molecule is C=CCN1C(=O)C(=Cc2cccc(OCCCOc3ccc(C)cc3C)c2)SC1=S. The first-order chi connectivity index (χ1) is 14.5. The monoisotopic (exact) mass is 439 g/mol. The minimum absolute atomic E-state index is 0.0835. The fraction of sp³-hybridized carbons (Fsp3) is 0.250. The number of nitrogens with zero attached hydrogens (tertiary/aromatic N) is 1. The predicted molar refractivity (Wildman–Crippen MR) is 128 cm³/mol. The quantitative estimate of drug-likeness (QED) is 0.222. The van der Waals surface area contributed by atoms with E-state index in [1.807, 2.05) is 36.4 Å². The van der Waals surface area contributed by atoms with Gasteiger partial charge >= 0.3 is 0 Å². The highest BCUT2D eigenvalue weighted by molar-refractivity contribution is 8.26. The molecule has 1 aliphatic rings. The molecule has 0 saturated carbocycles. The zero-order valence-corrected chi connectivity index (χ0v) is 18.9. The van der Waals surface area contributed by atoms with Crippen LogP contribution in [0.2, 0.25) is 0 Å². The van der Waals surface area contributed by atoms with E-state index in [0.29, 0.717) is 29.0 Å². The predicted octanol–water partition coefficient (Wildman–Crippen LogP) is 5.54. The van der Waals surface area contributed by atoms with E-state index in [4.69, 9.17) is 21.7 Å². The van der Waals surface area contributed by atoms with Crippen molar-refractivity contribution in [1.82, 2.24) is 4.90 Å². The van der Waals surface area contributed by atoms with E-state index < -0.39 is 0 Å². The summed E-state index contributed by atoms with van der Waals surface area (Å²) in [5.41, 5.74) is 3.27. The van der Waals surface area contributed by atoms with Crippen LogP contribution in [0.1, 0.15) is 23.1 Å². The molecule has 156 valence electrons. The molecule has 1 amide bonds. The van der Waals surface area contributed by atoms with Crippen molar-refractivity contribution in [2.75, 3.05) is 19.8 Å². The van der Waals surface area contributed by atoms with Gasteiger partial charge in [-0.25, -0.2) is 0 Å². The number of rotatable bonds is 9. The fourth-order valence-corrected chi connectivity index (χ4v) is 4.30. The number of aryl methyl sites for hydroxylation is 2. The molecule has 1 aliphatic heterocycles. The Labute approximate surface area is 187 Å². The Kier molecular flexibility index (Phi) is 7.71. The van der Waals surface area contributed by atoms with Gasteiger partial charge in [-0.2, -0.15) is 0 Å². The minimum atomic E-state index is -0.0835. The Morgan fingerprint density at radius 1 is 1.13 bits per heavy atom. The lowest BCUT2D eigenvalue weighted by molar-refractivity contribution is -0.121. The molecule has 1 heterocycles. The number of hydrogen-bond acceptors (Lipinski definition) is 5. The van der Waals surface area contributed by atoms with Crippen LogP contribution >= 0.6 is 24.0 Å². The maximum Gasteiger partial charge on any atom is 0.266 e. The van der Waals surface area contributed by atoms with Gasteiger partial charge in [0, 0.05) is 13.0 Å². The van der Waals surface area contributed by atoms with Gasteiger partial charge in [0.2, 0.25) is 0 Å². The smallest absolute Gasteiger partial charge is 0.266 e. The number of carbonyl (C=O) groups excluding carboxylic acids is 1. The summed E-state index contributed by atoms with van der Waals surface area (Å²) in [6.45, 7) is 9.36. The first-order valence-electron chi connectivity index (χ1n) is 9.77. The molecule has 0 aliphatic carbocycles. The summed E-state index contributed by atoms with van der Waals surface area (Å²) in [5, 5.41) is 0. The number of carbonyl (C=O) groups is 1. The lowest BCUT2D eigenvalue weighted by atomic mass is 10.1. The van der Waals surface area contributed by atoms with Gasteiger partial charge in [0.05, 0.1) is 18.1 Å². The van der Waals surface area contributed by atoms with Gasteiger partial charge in [-0.15, -0.1) is 6.58 Å². The third kappa shape index (κ3) is 5.74. The molecule has 6 heteroatoms. The summed E-state index contributed by atoms with van der Waals surface area (Å²) in [6.07, 6.45) is 4.29. The normalized spacial score (nSPS) is 15.0. The van der Waals surface area contributed by atoms with Crippen LogP contribution in [0.4, 0.5) is 0 Å². The number of ether oxygens (including phenoxy) is 2. The van der Waals surface area contributed by atoms with E-state index in [0.717, 1.165) is 29.0 Å². The molecule has 0 unspecified atom stereocenters. The maximum absolute atomic E-state index is 12.5. The summed E-state index contributed by atoms with van der Waals surface area (Å²) >= 11 is 6.59. The lowest BCUT2D eigenvalue weighted by Crippen LogP contribution is -2.27. The number of thioether (sulfide) groups is 1. The molecule has 0 bridgehead atoms. The largest absolute Gasteiger partial charge is 0.493 e. The Bertz CT molecular complexity index is 984. The average Bonchev–Trinajstić information content (AvgIpc) is 2.97. The second-order valence-electron chi connectivity index (χ2n) is 6.97. The Morgan fingerprint density at radius 2 is 1.93 bits per heavy atom. The summed E-state index contributed by atoms with van der Waals surface area (Å²) in [6, 6.07) is 13.9. The molecular formula is C24H25NO3S2. The summed E-state index contributed by atoms with van der Waals surface area (Å²) in [5.74, 6) is 1.59. The number of amides is 1. The molecule has 0 radical (unpaired) electrons. The van der Waals surface area contributed by atoms with Crippen molar-refractivity contribution in [3.05, 3.63) is 76.7 Å². The van der Waals surface area contributed by atoms with E-state index in [1.165, 1.54) is 17.3 Å². The van der Waals surface area contributed by atoms with Gasteiger partial charge in [0.25, 0.3) is 5.91 Å². The molecule has 0 aromatic heterocycles. The van der Waals surface area contributed by atoms with E-state index >= 15 is 0 Å². The van der Waals surface area contributed by atoms with E-state index in [1.54, 1.807) is 11.0 Å². The summed E-state index contributed by atoms with van der Waals surface area (Å²) in [4.78, 5) is 14.6. The molecule has 30 heavy (non-hydrogen) atoms. The molecule has 1 saturated heterocycles. The summed E-state index contributed by atoms with van der Waals surface area (Å²) < 4.78 is 12.3. The van der Waals surface area contributed by atoms with E-state index in [2.05, 4.69) is 32.6 Å². The third-order valence-electron chi connectivity index (χ3n) is 4.49.